The zero-order chi connectivity index (χ0) is 12.5. The minimum absolute atomic E-state index is 0.252. The van der Waals surface area contributed by atoms with Gasteiger partial charge in [0, 0.05) is 12.8 Å². The summed E-state index contributed by atoms with van der Waals surface area (Å²) in [6, 6.07) is 7.01. The van der Waals surface area contributed by atoms with Crippen molar-refractivity contribution in [2.24, 2.45) is 0 Å². The molecule has 1 aliphatic heterocycles. The standard InChI is InChI=1S/C13H15N3O2/c17-10-6-4-9(5-7-10)8-12-15-14-11-2-1-3-13(18)16(11)12/h4-7,13,17-18H,1-3,8H2. The fourth-order valence-corrected chi connectivity index (χ4v) is 2.36. The molecule has 0 saturated carbocycles. The minimum atomic E-state index is -0.504. The fraction of sp³-hybridized carbons (Fsp3) is 0.385. The summed E-state index contributed by atoms with van der Waals surface area (Å²) in [5.41, 5.74) is 1.04. The largest absolute Gasteiger partial charge is 0.508 e. The van der Waals surface area contributed by atoms with Crippen LogP contribution in [0.15, 0.2) is 24.3 Å². The van der Waals surface area contributed by atoms with Gasteiger partial charge in [0.25, 0.3) is 0 Å². The van der Waals surface area contributed by atoms with Crippen LogP contribution in [0.1, 0.15) is 36.3 Å². The molecule has 5 heteroatoms. The first-order valence-electron chi connectivity index (χ1n) is 6.12. The molecule has 0 amide bonds. The van der Waals surface area contributed by atoms with Gasteiger partial charge in [-0.2, -0.15) is 0 Å². The molecule has 0 spiro atoms. The highest BCUT2D eigenvalue weighted by molar-refractivity contribution is 5.28. The molecule has 3 rings (SSSR count). The van der Waals surface area contributed by atoms with Crippen molar-refractivity contribution in [3.05, 3.63) is 41.5 Å². The lowest BCUT2D eigenvalue weighted by molar-refractivity contribution is 0.0753. The quantitative estimate of drug-likeness (QED) is 0.839. The van der Waals surface area contributed by atoms with Crippen molar-refractivity contribution in [1.29, 1.82) is 0 Å². The van der Waals surface area contributed by atoms with Crippen molar-refractivity contribution in [3.8, 4) is 5.75 Å². The minimum Gasteiger partial charge on any atom is -0.508 e. The Balaban J connectivity index is 1.89. The molecule has 1 aromatic carbocycles. The smallest absolute Gasteiger partial charge is 0.139 e. The number of aliphatic hydroxyl groups excluding tert-OH is 1. The maximum Gasteiger partial charge on any atom is 0.139 e. The molecule has 2 N–H and O–H groups in total. The van der Waals surface area contributed by atoms with E-state index in [2.05, 4.69) is 10.2 Å². The summed E-state index contributed by atoms with van der Waals surface area (Å²) in [6.45, 7) is 0. The van der Waals surface area contributed by atoms with Crippen molar-refractivity contribution >= 4 is 0 Å². The zero-order valence-corrected chi connectivity index (χ0v) is 9.95. The van der Waals surface area contributed by atoms with Crippen LogP contribution >= 0.6 is 0 Å². The normalized spacial score (nSPS) is 18.6. The van der Waals surface area contributed by atoms with E-state index in [-0.39, 0.29) is 5.75 Å². The molecule has 0 fully saturated rings. The fourth-order valence-electron chi connectivity index (χ4n) is 2.36. The number of phenolic OH excluding ortho intramolecular Hbond substituents is 1. The Bertz CT molecular complexity index is 548. The van der Waals surface area contributed by atoms with E-state index < -0.39 is 6.23 Å². The highest BCUT2D eigenvalue weighted by Gasteiger charge is 2.22. The number of rotatable bonds is 2. The van der Waals surface area contributed by atoms with Crippen molar-refractivity contribution < 1.29 is 10.2 Å². The molecule has 1 unspecified atom stereocenters. The predicted molar refractivity (Wildman–Crippen MR) is 65.1 cm³/mol. The number of aromatic nitrogens is 3. The lowest BCUT2D eigenvalue weighted by Gasteiger charge is -2.21. The summed E-state index contributed by atoms with van der Waals surface area (Å²) >= 11 is 0. The second kappa shape index (κ2) is 4.42. The van der Waals surface area contributed by atoms with Crippen LogP contribution in [0.25, 0.3) is 0 Å². The van der Waals surface area contributed by atoms with Crippen LogP contribution in [0.4, 0.5) is 0 Å². The van der Waals surface area contributed by atoms with Crippen molar-refractivity contribution in [2.75, 3.05) is 0 Å². The van der Waals surface area contributed by atoms with E-state index in [1.165, 1.54) is 0 Å². The third kappa shape index (κ3) is 1.97. The topological polar surface area (TPSA) is 71.2 Å². The molecule has 1 aliphatic rings. The first-order chi connectivity index (χ1) is 8.74. The molecule has 0 bridgehead atoms. The first-order valence-corrected chi connectivity index (χ1v) is 6.12. The van der Waals surface area contributed by atoms with Gasteiger partial charge in [0.05, 0.1) is 0 Å². The second-order valence-corrected chi connectivity index (χ2v) is 4.62. The molecule has 2 heterocycles. The summed E-state index contributed by atoms with van der Waals surface area (Å²) in [7, 11) is 0. The molecular weight excluding hydrogens is 230 g/mol. The van der Waals surface area contributed by atoms with E-state index in [1.54, 1.807) is 12.1 Å². The third-order valence-electron chi connectivity index (χ3n) is 3.30. The summed E-state index contributed by atoms with van der Waals surface area (Å²) in [5.74, 6) is 1.90. The molecule has 0 saturated heterocycles. The molecule has 0 radical (unpaired) electrons. The highest BCUT2D eigenvalue weighted by atomic mass is 16.3. The Hall–Kier alpha value is -1.88. The van der Waals surface area contributed by atoms with Gasteiger partial charge in [0.1, 0.15) is 23.6 Å². The second-order valence-electron chi connectivity index (χ2n) is 4.62. The van der Waals surface area contributed by atoms with E-state index >= 15 is 0 Å². The van der Waals surface area contributed by atoms with Gasteiger partial charge in [-0.3, -0.25) is 4.57 Å². The number of nitrogens with zero attached hydrogens (tertiary/aromatic N) is 3. The van der Waals surface area contributed by atoms with Crippen LogP contribution in [-0.2, 0) is 12.8 Å². The van der Waals surface area contributed by atoms with E-state index in [9.17, 15) is 10.2 Å². The van der Waals surface area contributed by atoms with E-state index in [0.717, 1.165) is 36.5 Å². The van der Waals surface area contributed by atoms with Crippen LogP contribution in [0.2, 0.25) is 0 Å². The number of aliphatic hydroxyl groups is 1. The van der Waals surface area contributed by atoms with Crippen LogP contribution in [0.5, 0.6) is 5.75 Å². The van der Waals surface area contributed by atoms with Gasteiger partial charge in [0.15, 0.2) is 0 Å². The Morgan fingerprint density at radius 3 is 2.78 bits per heavy atom. The Morgan fingerprint density at radius 1 is 1.22 bits per heavy atom. The molecule has 94 valence electrons. The van der Waals surface area contributed by atoms with Gasteiger partial charge in [-0.15, -0.1) is 10.2 Å². The predicted octanol–water partition coefficient (Wildman–Crippen LogP) is 1.40. The lowest BCUT2D eigenvalue weighted by atomic mass is 10.1. The van der Waals surface area contributed by atoms with E-state index in [4.69, 9.17) is 0 Å². The van der Waals surface area contributed by atoms with E-state index in [1.807, 2.05) is 16.7 Å². The Kier molecular flexibility index (Phi) is 2.76. The maximum atomic E-state index is 10.00. The van der Waals surface area contributed by atoms with Crippen molar-refractivity contribution in [2.45, 2.75) is 31.9 Å². The van der Waals surface area contributed by atoms with E-state index in [0.29, 0.717) is 6.42 Å². The van der Waals surface area contributed by atoms with Gasteiger partial charge < -0.3 is 10.2 Å². The lowest BCUT2D eigenvalue weighted by Crippen LogP contribution is -2.19. The van der Waals surface area contributed by atoms with Crippen LogP contribution in [0, 0.1) is 0 Å². The number of phenols is 1. The van der Waals surface area contributed by atoms with Gasteiger partial charge in [-0.1, -0.05) is 12.1 Å². The average molecular weight is 245 g/mol. The molecule has 5 nitrogen and oxygen atoms in total. The Morgan fingerprint density at radius 2 is 2.00 bits per heavy atom. The first kappa shape index (κ1) is 11.2. The number of benzene rings is 1. The summed E-state index contributed by atoms with van der Waals surface area (Å²) in [5, 5.41) is 27.5. The number of hydrogen-bond donors (Lipinski definition) is 2. The van der Waals surface area contributed by atoms with Gasteiger partial charge in [0.2, 0.25) is 0 Å². The van der Waals surface area contributed by atoms with Crippen LogP contribution in [-0.4, -0.2) is 25.0 Å². The highest BCUT2D eigenvalue weighted by Crippen LogP contribution is 2.24. The summed E-state index contributed by atoms with van der Waals surface area (Å²) in [4.78, 5) is 0. The maximum absolute atomic E-state index is 10.00. The number of hydrogen-bond acceptors (Lipinski definition) is 4. The molecule has 1 atom stereocenters. The number of aromatic hydroxyl groups is 1. The van der Waals surface area contributed by atoms with Crippen molar-refractivity contribution in [3.63, 3.8) is 0 Å². The molecule has 18 heavy (non-hydrogen) atoms. The van der Waals surface area contributed by atoms with Crippen LogP contribution < -0.4 is 0 Å². The number of aryl methyl sites for hydroxylation is 1. The molecule has 1 aromatic heterocycles. The zero-order valence-electron chi connectivity index (χ0n) is 9.95. The van der Waals surface area contributed by atoms with Gasteiger partial charge >= 0.3 is 0 Å². The third-order valence-corrected chi connectivity index (χ3v) is 3.30. The van der Waals surface area contributed by atoms with Gasteiger partial charge in [-0.25, -0.2) is 0 Å². The van der Waals surface area contributed by atoms with Gasteiger partial charge in [-0.05, 0) is 30.5 Å². The molecule has 0 aliphatic carbocycles. The molecule has 2 aromatic rings. The van der Waals surface area contributed by atoms with Crippen molar-refractivity contribution in [1.82, 2.24) is 14.8 Å². The summed E-state index contributed by atoms with van der Waals surface area (Å²) < 4.78 is 1.83. The Labute approximate surface area is 105 Å². The number of fused-ring (bicyclic) bond motifs is 1. The SMILES string of the molecule is Oc1ccc(Cc2nnc3n2C(O)CCC3)cc1. The summed E-state index contributed by atoms with van der Waals surface area (Å²) in [6.07, 6.45) is 2.70. The monoisotopic (exact) mass is 245 g/mol. The molecular formula is C13H15N3O2. The van der Waals surface area contributed by atoms with Crippen LogP contribution in [0.3, 0.4) is 0 Å². The average Bonchev–Trinajstić information content (AvgIpc) is 2.77.